The quantitative estimate of drug-likeness (QED) is 0.725. The summed E-state index contributed by atoms with van der Waals surface area (Å²) in [6, 6.07) is 7.66. The Balaban J connectivity index is 2.60. The number of benzene rings is 1. The normalized spacial score (nSPS) is 11.6. The zero-order valence-corrected chi connectivity index (χ0v) is 10.2. The van der Waals surface area contributed by atoms with Crippen molar-refractivity contribution >= 4 is 23.2 Å². The van der Waals surface area contributed by atoms with E-state index in [1.54, 1.807) is 24.3 Å². The highest BCUT2D eigenvalue weighted by atomic mass is 35.5. The summed E-state index contributed by atoms with van der Waals surface area (Å²) in [4.78, 5) is 6.58. The molecule has 0 aliphatic carbocycles. The molecule has 2 rings (SSSR count). The van der Waals surface area contributed by atoms with Crippen molar-refractivity contribution in [1.82, 2.24) is 9.97 Å². The number of hydrogen-bond donors (Lipinski definition) is 0. The van der Waals surface area contributed by atoms with E-state index in [4.69, 9.17) is 23.2 Å². The van der Waals surface area contributed by atoms with Gasteiger partial charge in [0, 0.05) is 16.7 Å². The van der Waals surface area contributed by atoms with Gasteiger partial charge in [-0.1, -0.05) is 41.4 Å². The SMILES string of the molecule is FC(F)(F)c1nc(Cl)cc(-c2ccccc2Cl)n1. The van der Waals surface area contributed by atoms with Crippen molar-refractivity contribution in [2.24, 2.45) is 0 Å². The van der Waals surface area contributed by atoms with Crippen LogP contribution in [-0.4, -0.2) is 9.97 Å². The monoisotopic (exact) mass is 292 g/mol. The first kappa shape index (κ1) is 13.1. The molecule has 1 heterocycles. The summed E-state index contributed by atoms with van der Waals surface area (Å²) in [7, 11) is 0. The Hall–Kier alpha value is -1.33. The zero-order chi connectivity index (χ0) is 13.3. The van der Waals surface area contributed by atoms with E-state index in [1.165, 1.54) is 6.07 Å². The molecule has 0 aliphatic rings. The van der Waals surface area contributed by atoms with Crippen molar-refractivity contribution in [3.05, 3.63) is 46.3 Å². The summed E-state index contributed by atoms with van der Waals surface area (Å²) in [5.74, 6) is -1.29. The Morgan fingerprint density at radius 1 is 1.00 bits per heavy atom. The van der Waals surface area contributed by atoms with Gasteiger partial charge in [-0.05, 0) is 6.07 Å². The fraction of sp³-hybridized carbons (Fsp3) is 0.0909. The van der Waals surface area contributed by atoms with Crippen molar-refractivity contribution < 1.29 is 13.2 Å². The maximum atomic E-state index is 12.5. The first-order valence-corrected chi connectivity index (χ1v) is 5.50. The number of hydrogen-bond acceptors (Lipinski definition) is 2. The molecule has 18 heavy (non-hydrogen) atoms. The molecular formula is C11H5Cl2F3N2. The average Bonchev–Trinajstić information content (AvgIpc) is 2.27. The average molecular weight is 293 g/mol. The van der Waals surface area contributed by atoms with Crippen LogP contribution in [0.5, 0.6) is 0 Å². The summed E-state index contributed by atoms with van der Waals surface area (Å²) in [5.41, 5.74) is 0.405. The molecule has 0 spiro atoms. The summed E-state index contributed by atoms with van der Waals surface area (Å²) in [6.45, 7) is 0. The van der Waals surface area contributed by atoms with Crippen LogP contribution >= 0.6 is 23.2 Å². The van der Waals surface area contributed by atoms with E-state index < -0.39 is 12.0 Å². The van der Waals surface area contributed by atoms with Crippen LogP contribution in [0.3, 0.4) is 0 Å². The Labute approximate surface area is 110 Å². The molecular weight excluding hydrogens is 288 g/mol. The maximum Gasteiger partial charge on any atom is 0.451 e. The molecule has 0 atom stereocenters. The minimum atomic E-state index is -4.65. The van der Waals surface area contributed by atoms with Gasteiger partial charge in [0.1, 0.15) is 5.15 Å². The second-order valence-corrected chi connectivity index (χ2v) is 4.17. The third-order valence-corrected chi connectivity index (χ3v) is 2.62. The van der Waals surface area contributed by atoms with Crippen LogP contribution in [0.25, 0.3) is 11.3 Å². The molecule has 1 aromatic heterocycles. The molecule has 1 aromatic carbocycles. The van der Waals surface area contributed by atoms with E-state index in [9.17, 15) is 13.2 Å². The minimum Gasteiger partial charge on any atom is -0.224 e. The van der Waals surface area contributed by atoms with Crippen LogP contribution in [0.1, 0.15) is 5.82 Å². The van der Waals surface area contributed by atoms with Crippen molar-refractivity contribution in [3.63, 3.8) is 0 Å². The lowest BCUT2D eigenvalue weighted by molar-refractivity contribution is -0.144. The standard InChI is InChI=1S/C11H5Cl2F3N2/c12-7-4-2-1-3-6(7)8-5-9(13)18-10(17-8)11(14,15)16/h1-5H. The molecule has 0 N–H and O–H groups in total. The molecule has 0 radical (unpaired) electrons. The molecule has 2 nitrogen and oxygen atoms in total. The lowest BCUT2D eigenvalue weighted by Crippen LogP contribution is -2.11. The topological polar surface area (TPSA) is 25.8 Å². The van der Waals surface area contributed by atoms with Crippen LogP contribution in [0.15, 0.2) is 30.3 Å². The van der Waals surface area contributed by atoms with Gasteiger partial charge in [0.15, 0.2) is 0 Å². The molecule has 0 saturated heterocycles. The van der Waals surface area contributed by atoms with Crippen LogP contribution < -0.4 is 0 Å². The molecule has 0 fully saturated rings. The summed E-state index contributed by atoms with van der Waals surface area (Å²) < 4.78 is 37.6. The van der Waals surface area contributed by atoms with E-state index in [-0.39, 0.29) is 10.8 Å². The molecule has 0 saturated carbocycles. The largest absolute Gasteiger partial charge is 0.451 e. The Bertz CT molecular complexity index is 585. The van der Waals surface area contributed by atoms with Gasteiger partial charge in [0.05, 0.1) is 5.69 Å². The lowest BCUT2D eigenvalue weighted by atomic mass is 10.1. The van der Waals surface area contributed by atoms with Crippen molar-refractivity contribution in [2.75, 3.05) is 0 Å². The van der Waals surface area contributed by atoms with Crippen molar-refractivity contribution in [3.8, 4) is 11.3 Å². The highest BCUT2D eigenvalue weighted by Gasteiger charge is 2.35. The number of alkyl halides is 3. The van der Waals surface area contributed by atoms with Crippen LogP contribution in [0.2, 0.25) is 10.2 Å². The van der Waals surface area contributed by atoms with Gasteiger partial charge < -0.3 is 0 Å². The van der Waals surface area contributed by atoms with E-state index in [0.29, 0.717) is 10.6 Å². The van der Waals surface area contributed by atoms with Crippen LogP contribution in [-0.2, 0) is 6.18 Å². The third-order valence-electron chi connectivity index (χ3n) is 2.10. The van der Waals surface area contributed by atoms with Gasteiger partial charge in [-0.2, -0.15) is 13.2 Å². The number of rotatable bonds is 1. The van der Waals surface area contributed by atoms with Crippen molar-refractivity contribution in [1.29, 1.82) is 0 Å². The van der Waals surface area contributed by atoms with Gasteiger partial charge in [0.25, 0.3) is 0 Å². The molecule has 0 bridgehead atoms. The summed E-state index contributed by atoms with van der Waals surface area (Å²) in [6.07, 6.45) is -4.65. The lowest BCUT2D eigenvalue weighted by Gasteiger charge is -2.08. The van der Waals surface area contributed by atoms with Crippen LogP contribution in [0.4, 0.5) is 13.2 Å². The Kier molecular flexibility index (Phi) is 3.45. The first-order valence-electron chi connectivity index (χ1n) is 4.74. The van der Waals surface area contributed by atoms with Gasteiger partial charge in [0.2, 0.25) is 5.82 Å². The zero-order valence-electron chi connectivity index (χ0n) is 8.67. The van der Waals surface area contributed by atoms with Gasteiger partial charge in [-0.25, -0.2) is 9.97 Å². The Morgan fingerprint density at radius 2 is 1.67 bits per heavy atom. The number of halogens is 5. The van der Waals surface area contributed by atoms with E-state index in [2.05, 4.69) is 9.97 Å². The van der Waals surface area contributed by atoms with Crippen molar-refractivity contribution in [2.45, 2.75) is 6.18 Å². The fourth-order valence-electron chi connectivity index (χ4n) is 1.35. The summed E-state index contributed by atoms with van der Waals surface area (Å²) in [5, 5.41) is 0.00707. The van der Waals surface area contributed by atoms with Gasteiger partial charge >= 0.3 is 6.18 Å². The van der Waals surface area contributed by atoms with Gasteiger partial charge in [-0.3, -0.25) is 0 Å². The first-order chi connectivity index (χ1) is 8.38. The highest BCUT2D eigenvalue weighted by Crippen LogP contribution is 2.32. The summed E-state index contributed by atoms with van der Waals surface area (Å²) >= 11 is 11.5. The maximum absolute atomic E-state index is 12.5. The number of aromatic nitrogens is 2. The second-order valence-electron chi connectivity index (χ2n) is 3.38. The van der Waals surface area contributed by atoms with E-state index >= 15 is 0 Å². The second kappa shape index (κ2) is 4.74. The molecule has 0 unspecified atom stereocenters. The number of nitrogens with zero attached hydrogens (tertiary/aromatic N) is 2. The van der Waals surface area contributed by atoms with E-state index in [0.717, 1.165) is 0 Å². The smallest absolute Gasteiger partial charge is 0.224 e. The van der Waals surface area contributed by atoms with Gasteiger partial charge in [-0.15, -0.1) is 0 Å². The minimum absolute atomic E-state index is 0.0351. The molecule has 2 aromatic rings. The third kappa shape index (κ3) is 2.73. The molecule has 94 valence electrons. The Morgan fingerprint density at radius 3 is 2.28 bits per heavy atom. The fourth-order valence-corrected chi connectivity index (χ4v) is 1.77. The van der Waals surface area contributed by atoms with E-state index in [1.807, 2.05) is 0 Å². The predicted molar refractivity (Wildman–Crippen MR) is 62.5 cm³/mol. The predicted octanol–water partition coefficient (Wildman–Crippen LogP) is 4.47. The molecule has 0 amide bonds. The molecule has 0 aliphatic heterocycles. The highest BCUT2D eigenvalue weighted by molar-refractivity contribution is 6.33. The molecule has 7 heteroatoms. The van der Waals surface area contributed by atoms with Crippen LogP contribution in [0, 0.1) is 0 Å².